The lowest BCUT2D eigenvalue weighted by atomic mass is 10.0. The van der Waals surface area contributed by atoms with Gasteiger partial charge in [0.25, 0.3) is 5.91 Å². The van der Waals surface area contributed by atoms with Crippen molar-refractivity contribution in [1.82, 2.24) is 5.43 Å². The van der Waals surface area contributed by atoms with E-state index in [-0.39, 0.29) is 12.4 Å². The molecule has 6 heteroatoms. The minimum atomic E-state index is -0.411. The summed E-state index contributed by atoms with van der Waals surface area (Å²) in [4.78, 5) is 11.8. The Morgan fingerprint density at radius 3 is 2.68 bits per heavy atom. The number of aromatic hydroxyl groups is 1. The summed E-state index contributed by atoms with van der Waals surface area (Å²) in [7, 11) is 0. The molecule has 0 heterocycles. The second kappa shape index (κ2) is 7.68. The topological polar surface area (TPSA) is 70.9 Å². The summed E-state index contributed by atoms with van der Waals surface area (Å²) < 4.78 is 5.33. The number of ether oxygens (including phenoxy) is 1. The van der Waals surface area contributed by atoms with Gasteiger partial charge in [-0.2, -0.15) is 5.10 Å². The second-order valence-electron chi connectivity index (χ2n) is 5.26. The maximum absolute atomic E-state index is 11.8. The number of amides is 1. The van der Waals surface area contributed by atoms with E-state index in [1.165, 1.54) is 6.21 Å². The first-order valence-electron chi connectivity index (χ1n) is 7.54. The predicted octanol–water partition coefficient (Wildman–Crippen LogP) is 3.73. The molecule has 3 aromatic carbocycles. The van der Waals surface area contributed by atoms with Crippen LogP contribution in [-0.4, -0.2) is 23.8 Å². The van der Waals surface area contributed by atoms with Crippen molar-refractivity contribution < 1.29 is 14.6 Å². The number of nitrogens with one attached hydrogen (secondary N) is 1. The van der Waals surface area contributed by atoms with E-state index in [9.17, 15) is 9.90 Å². The third-order valence-electron chi connectivity index (χ3n) is 3.51. The number of fused-ring (bicyclic) bond motifs is 1. The molecule has 2 N–H and O–H groups in total. The molecule has 25 heavy (non-hydrogen) atoms. The molecule has 126 valence electrons. The van der Waals surface area contributed by atoms with Gasteiger partial charge in [0.2, 0.25) is 0 Å². The number of hydrazone groups is 1. The zero-order valence-corrected chi connectivity index (χ0v) is 13.9. The third kappa shape index (κ3) is 4.28. The van der Waals surface area contributed by atoms with E-state index in [1.807, 2.05) is 30.3 Å². The number of rotatable bonds is 5. The quantitative estimate of drug-likeness (QED) is 0.541. The van der Waals surface area contributed by atoms with Gasteiger partial charge in [-0.25, -0.2) is 5.43 Å². The van der Waals surface area contributed by atoms with Crippen molar-refractivity contribution in [3.8, 4) is 11.5 Å². The summed E-state index contributed by atoms with van der Waals surface area (Å²) in [6, 6.07) is 17.7. The van der Waals surface area contributed by atoms with Crippen LogP contribution in [0.5, 0.6) is 11.5 Å². The van der Waals surface area contributed by atoms with Gasteiger partial charge in [-0.3, -0.25) is 4.79 Å². The van der Waals surface area contributed by atoms with Gasteiger partial charge in [0.1, 0.15) is 11.5 Å². The van der Waals surface area contributed by atoms with Crippen LogP contribution in [0.4, 0.5) is 0 Å². The molecule has 0 atom stereocenters. The molecule has 0 aliphatic rings. The van der Waals surface area contributed by atoms with Crippen LogP contribution < -0.4 is 10.2 Å². The van der Waals surface area contributed by atoms with E-state index < -0.39 is 5.91 Å². The van der Waals surface area contributed by atoms with Crippen molar-refractivity contribution in [2.75, 3.05) is 6.61 Å². The molecule has 0 aliphatic heterocycles. The van der Waals surface area contributed by atoms with Crippen molar-refractivity contribution in [2.24, 2.45) is 5.10 Å². The van der Waals surface area contributed by atoms with Gasteiger partial charge in [-0.05, 0) is 41.1 Å². The van der Waals surface area contributed by atoms with Crippen molar-refractivity contribution >= 4 is 34.5 Å². The van der Waals surface area contributed by atoms with E-state index in [0.717, 1.165) is 10.8 Å². The van der Waals surface area contributed by atoms with E-state index in [2.05, 4.69) is 10.5 Å². The Labute approximate surface area is 149 Å². The molecule has 3 rings (SSSR count). The largest absolute Gasteiger partial charge is 0.507 e. The molecule has 3 aromatic rings. The fraction of sp³-hybridized carbons (Fsp3) is 0.0526. The third-order valence-corrected chi connectivity index (χ3v) is 3.77. The van der Waals surface area contributed by atoms with Crippen molar-refractivity contribution in [1.29, 1.82) is 0 Å². The Morgan fingerprint density at radius 2 is 1.88 bits per heavy atom. The van der Waals surface area contributed by atoms with Crippen molar-refractivity contribution in [2.45, 2.75) is 0 Å². The zero-order valence-electron chi connectivity index (χ0n) is 13.1. The average Bonchev–Trinajstić information content (AvgIpc) is 2.63. The van der Waals surface area contributed by atoms with E-state index in [1.54, 1.807) is 30.3 Å². The summed E-state index contributed by atoms with van der Waals surface area (Å²) in [6.07, 6.45) is 1.41. The summed E-state index contributed by atoms with van der Waals surface area (Å²) >= 11 is 5.78. The van der Waals surface area contributed by atoms with Crippen LogP contribution in [0.3, 0.4) is 0 Å². The molecule has 0 saturated carbocycles. The van der Waals surface area contributed by atoms with Gasteiger partial charge >= 0.3 is 0 Å². The van der Waals surface area contributed by atoms with Gasteiger partial charge < -0.3 is 9.84 Å². The van der Waals surface area contributed by atoms with Crippen LogP contribution in [0.15, 0.2) is 65.8 Å². The summed E-state index contributed by atoms with van der Waals surface area (Å²) in [5, 5.41) is 16.3. The lowest BCUT2D eigenvalue weighted by molar-refractivity contribution is -0.123. The number of hydrogen-bond donors (Lipinski definition) is 2. The molecule has 0 spiro atoms. The molecule has 0 bridgehead atoms. The van der Waals surface area contributed by atoms with Crippen molar-refractivity contribution in [3.05, 3.63) is 71.2 Å². The molecule has 0 radical (unpaired) electrons. The molecular weight excluding hydrogens is 340 g/mol. The van der Waals surface area contributed by atoms with Gasteiger partial charge in [-0.15, -0.1) is 0 Å². The lowest BCUT2D eigenvalue weighted by Gasteiger charge is -2.06. The van der Waals surface area contributed by atoms with Crippen LogP contribution in [0.25, 0.3) is 10.8 Å². The molecule has 0 aliphatic carbocycles. The fourth-order valence-corrected chi connectivity index (χ4v) is 2.43. The molecule has 1 amide bonds. The molecule has 0 aromatic heterocycles. The van der Waals surface area contributed by atoms with E-state index >= 15 is 0 Å². The number of phenols is 1. The predicted molar refractivity (Wildman–Crippen MR) is 98.3 cm³/mol. The second-order valence-corrected chi connectivity index (χ2v) is 5.69. The van der Waals surface area contributed by atoms with Crippen molar-refractivity contribution in [3.63, 3.8) is 0 Å². The minimum absolute atomic E-state index is 0.0918. The molecular formula is C19H15ClN2O3. The number of hydrogen-bond acceptors (Lipinski definition) is 4. The van der Waals surface area contributed by atoms with Crippen LogP contribution in [0.1, 0.15) is 5.56 Å². The number of carbonyl (C=O) groups excluding carboxylic acids is 1. The van der Waals surface area contributed by atoms with Gasteiger partial charge in [-0.1, -0.05) is 41.9 Å². The highest BCUT2D eigenvalue weighted by atomic mass is 35.5. The standard InChI is InChI=1S/C19H15ClN2O3/c20-14-6-8-15(9-7-14)25-12-19(24)22-21-11-17-16-4-2-1-3-13(16)5-10-18(17)23/h1-11,23H,12H2,(H,22,24). The highest BCUT2D eigenvalue weighted by Gasteiger charge is 2.05. The average molecular weight is 355 g/mol. The fourth-order valence-electron chi connectivity index (χ4n) is 2.30. The number of carbonyl (C=O) groups is 1. The summed E-state index contributed by atoms with van der Waals surface area (Å²) in [6.45, 7) is -0.180. The molecule has 0 unspecified atom stereocenters. The maximum atomic E-state index is 11.8. The minimum Gasteiger partial charge on any atom is -0.507 e. The highest BCUT2D eigenvalue weighted by Crippen LogP contribution is 2.25. The number of halogens is 1. The first-order chi connectivity index (χ1) is 12.1. The van der Waals surface area contributed by atoms with Crippen LogP contribution in [0, 0.1) is 0 Å². The molecule has 0 fully saturated rings. The van der Waals surface area contributed by atoms with Crippen LogP contribution in [0.2, 0.25) is 5.02 Å². The van der Waals surface area contributed by atoms with Crippen LogP contribution >= 0.6 is 11.6 Å². The van der Waals surface area contributed by atoms with Gasteiger partial charge in [0, 0.05) is 10.6 Å². The molecule has 5 nitrogen and oxygen atoms in total. The summed E-state index contributed by atoms with van der Waals surface area (Å²) in [5.41, 5.74) is 2.91. The first kappa shape index (κ1) is 16.8. The Morgan fingerprint density at radius 1 is 1.12 bits per heavy atom. The van der Waals surface area contributed by atoms with Crippen LogP contribution in [-0.2, 0) is 4.79 Å². The normalized spacial score (nSPS) is 10.9. The number of nitrogens with zero attached hydrogens (tertiary/aromatic N) is 1. The molecule has 0 saturated heterocycles. The van der Waals surface area contributed by atoms with E-state index in [4.69, 9.17) is 16.3 Å². The van der Waals surface area contributed by atoms with Gasteiger partial charge in [0.05, 0.1) is 6.21 Å². The number of benzene rings is 3. The lowest BCUT2D eigenvalue weighted by Crippen LogP contribution is -2.24. The maximum Gasteiger partial charge on any atom is 0.277 e. The summed E-state index contributed by atoms with van der Waals surface area (Å²) in [5.74, 6) is 0.218. The monoisotopic (exact) mass is 354 g/mol. The Bertz CT molecular complexity index is 924. The Balaban J connectivity index is 1.62. The smallest absolute Gasteiger partial charge is 0.277 e. The van der Waals surface area contributed by atoms with Gasteiger partial charge in [0.15, 0.2) is 6.61 Å². The Hall–Kier alpha value is -3.05. The first-order valence-corrected chi connectivity index (χ1v) is 7.92. The van der Waals surface area contributed by atoms with E-state index in [0.29, 0.717) is 16.3 Å². The zero-order chi connectivity index (χ0) is 17.6. The highest BCUT2D eigenvalue weighted by molar-refractivity contribution is 6.30. The SMILES string of the molecule is O=C(COc1ccc(Cl)cc1)NN=Cc1c(O)ccc2ccccc12. The number of phenolic OH excluding ortho intramolecular Hbond substituents is 1. The Kier molecular flexibility index (Phi) is 5.16.